The predicted molar refractivity (Wildman–Crippen MR) is 89.4 cm³/mol. The lowest BCUT2D eigenvalue weighted by Crippen LogP contribution is -2.29. The molecule has 1 aliphatic rings. The molecule has 1 fully saturated rings. The SMILES string of the molecule is Cc1cc(N(C)CC2CCCCC2)c(C(N)=S)c(C)n1. The summed E-state index contributed by atoms with van der Waals surface area (Å²) in [6.07, 6.45) is 6.82. The molecule has 0 aliphatic heterocycles. The highest BCUT2D eigenvalue weighted by Crippen LogP contribution is 2.28. The van der Waals surface area contributed by atoms with E-state index in [0.717, 1.165) is 35.1 Å². The fourth-order valence-corrected chi connectivity index (χ4v) is 3.52. The largest absolute Gasteiger partial charge is 0.389 e. The van der Waals surface area contributed by atoms with E-state index in [-0.39, 0.29) is 0 Å². The molecule has 1 saturated carbocycles. The summed E-state index contributed by atoms with van der Waals surface area (Å²) in [7, 11) is 2.14. The van der Waals surface area contributed by atoms with Crippen molar-refractivity contribution in [1.82, 2.24) is 4.98 Å². The lowest BCUT2D eigenvalue weighted by atomic mass is 9.89. The minimum Gasteiger partial charge on any atom is -0.389 e. The van der Waals surface area contributed by atoms with Crippen molar-refractivity contribution in [3.8, 4) is 0 Å². The maximum Gasteiger partial charge on any atom is 0.107 e. The summed E-state index contributed by atoms with van der Waals surface area (Å²) in [5.41, 5.74) is 9.92. The number of rotatable bonds is 4. The van der Waals surface area contributed by atoms with Gasteiger partial charge in [0, 0.05) is 25.0 Å². The number of thiocarbonyl (C=S) groups is 1. The van der Waals surface area contributed by atoms with E-state index in [4.69, 9.17) is 18.0 Å². The Kier molecular flexibility index (Phi) is 4.97. The number of nitrogens with zero attached hydrogens (tertiary/aromatic N) is 2. The molecule has 0 saturated heterocycles. The fourth-order valence-electron chi connectivity index (χ4n) is 3.27. The summed E-state index contributed by atoms with van der Waals surface area (Å²) in [5, 5.41) is 0. The van der Waals surface area contributed by atoms with Crippen LogP contribution in [0.1, 0.15) is 49.1 Å². The second-order valence-electron chi connectivity index (χ2n) is 5.99. The first-order chi connectivity index (χ1) is 9.49. The van der Waals surface area contributed by atoms with Gasteiger partial charge in [-0.05, 0) is 38.7 Å². The summed E-state index contributed by atoms with van der Waals surface area (Å²) in [6.45, 7) is 5.09. The molecule has 2 N–H and O–H groups in total. The van der Waals surface area contributed by atoms with Gasteiger partial charge in [0.2, 0.25) is 0 Å². The highest BCUT2D eigenvalue weighted by molar-refractivity contribution is 7.80. The van der Waals surface area contributed by atoms with Crippen LogP contribution < -0.4 is 10.6 Å². The van der Waals surface area contributed by atoms with Gasteiger partial charge in [0.05, 0.1) is 11.3 Å². The van der Waals surface area contributed by atoms with E-state index in [1.54, 1.807) is 0 Å². The van der Waals surface area contributed by atoms with Crippen molar-refractivity contribution in [2.75, 3.05) is 18.5 Å². The van der Waals surface area contributed by atoms with Crippen LogP contribution in [-0.2, 0) is 0 Å². The van der Waals surface area contributed by atoms with Gasteiger partial charge >= 0.3 is 0 Å². The van der Waals surface area contributed by atoms with Crippen LogP contribution in [0.4, 0.5) is 5.69 Å². The molecule has 0 atom stereocenters. The third kappa shape index (κ3) is 3.48. The van der Waals surface area contributed by atoms with Crippen molar-refractivity contribution < 1.29 is 0 Å². The van der Waals surface area contributed by atoms with Crippen LogP contribution in [-0.4, -0.2) is 23.6 Å². The maximum atomic E-state index is 5.90. The summed E-state index contributed by atoms with van der Waals surface area (Å²) in [4.78, 5) is 7.25. The Labute approximate surface area is 127 Å². The summed E-state index contributed by atoms with van der Waals surface area (Å²) in [6, 6.07) is 2.10. The number of aryl methyl sites for hydroxylation is 2. The van der Waals surface area contributed by atoms with E-state index < -0.39 is 0 Å². The lowest BCUT2D eigenvalue weighted by Gasteiger charge is -2.30. The van der Waals surface area contributed by atoms with Crippen LogP contribution in [0.25, 0.3) is 0 Å². The van der Waals surface area contributed by atoms with Gasteiger partial charge in [0.15, 0.2) is 0 Å². The summed E-state index contributed by atoms with van der Waals surface area (Å²) >= 11 is 5.22. The third-order valence-electron chi connectivity index (χ3n) is 4.22. The zero-order chi connectivity index (χ0) is 14.7. The van der Waals surface area contributed by atoms with Crippen LogP contribution in [0.5, 0.6) is 0 Å². The normalized spacial score (nSPS) is 16.1. The average molecular weight is 291 g/mol. The van der Waals surface area contributed by atoms with Crippen molar-refractivity contribution in [3.63, 3.8) is 0 Å². The molecule has 0 amide bonds. The van der Waals surface area contributed by atoms with Crippen molar-refractivity contribution in [1.29, 1.82) is 0 Å². The van der Waals surface area contributed by atoms with E-state index in [9.17, 15) is 0 Å². The van der Waals surface area contributed by atoms with E-state index in [0.29, 0.717) is 4.99 Å². The van der Waals surface area contributed by atoms with Gasteiger partial charge in [-0.15, -0.1) is 0 Å². The van der Waals surface area contributed by atoms with Crippen molar-refractivity contribution in [3.05, 3.63) is 23.0 Å². The highest BCUT2D eigenvalue weighted by Gasteiger charge is 2.19. The fraction of sp³-hybridized carbons (Fsp3) is 0.625. The molecular formula is C16H25N3S. The Morgan fingerprint density at radius 1 is 1.35 bits per heavy atom. The number of nitrogens with two attached hydrogens (primary N) is 1. The van der Waals surface area contributed by atoms with Gasteiger partial charge in [-0.25, -0.2) is 0 Å². The van der Waals surface area contributed by atoms with Crippen LogP contribution in [0.3, 0.4) is 0 Å². The molecule has 4 heteroatoms. The molecule has 1 aromatic heterocycles. The monoisotopic (exact) mass is 291 g/mol. The first-order valence-corrected chi connectivity index (χ1v) is 7.89. The number of pyridine rings is 1. The number of hydrogen-bond donors (Lipinski definition) is 1. The molecule has 110 valence electrons. The maximum absolute atomic E-state index is 5.90. The molecule has 0 bridgehead atoms. The van der Waals surface area contributed by atoms with Gasteiger partial charge in [-0.2, -0.15) is 0 Å². The van der Waals surface area contributed by atoms with Crippen LogP contribution >= 0.6 is 12.2 Å². The first kappa shape index (κ1) is 15.2. The van der Waals surface area contributed by atoms with Crippen LogP contribution in [0.15, 0.2) is 6.07 Å². The standard InChI is InChI=1S/C16H25N3S/c1-11-9-14(15(16(17)20)12(2)18-11)19(3)10-13-7-5-4-6-8-13/h9,13H,4-8,10H2,1-3H3,(H2,17,20). The number of anilines is 1. The van der Waals surface area contributed by atoms with Crippen LogP contribution in [0, 0.1) is 19.8 Å². The highest BCUT2D eigenvalue weighted by atomic mass is 32.1. The van der Waals surface area contributed by atoms with Gasteiger partial charge < -0.3 is 10.6 Å². The molecule has 3 nitrogen and oxygen atoms in total. The van der Waals surface area contributed by atoms with Crippen LogP contribution in [0.2, 0.25) is 0 Å². The van der Waals surface area contributed by atoms with Crippen molar-refractivity contribution in [2.45, 2.75) is 46.0 Å². The molecule has 20 heavy (non-hydrogen) atoms. The molecule has 0 spiro atoms. The quantitative estimate of drug-likeness (QED) is 0.864. The zero-order valence-corrected chi connectivity index (χ0v) is 13.6. The Morgan fingerprint density at radius 3 is 2.60 bits per heavy atom. The van der Waals surface area contributed by atoms with Gasteiger partial charge in [-0.3, -0.25) is 4.98 Å². The van der Waals surface area contributed by atoms with Gasteiger partial charge in [0.1, 0.15) is 4.99 Å². The van der Waals surface area contributed by atoms with E-state index in [1.165, 1.54) is 32.1 Å². The minimum absolute atomic E-state index is 0.445. The molecule has 0 unspecified atom stereocenters. The topological polar surface area (TPSA) is 42.1 Å². The number of hydrogen-bond acceptors (Lipinski definition) is 3. The summed E-state index contributed by atoms with van der Waals surface area (Å²) in [5.74, 6) is 0.793. The molecule has 1 heterocycles. The second kappa shape index (κ2) is 6.53. The third-order valence-corrected chi connectivity index (χ3v) is 4.43. The predicted octanol–water partition coefficient (Wildman–Crippen LogP) is 3.35. The van der Waals surface area contributed by atoms with Crippen molar-refractivity contribution in [2.24, 2.45) is 11.7 Å². The Balaban J connectivity index is 2.23. The second-order valence-corrected chi connectivity index (χ2v) is 6.43. The molecule has 0 aromatic carbocycles. The van der Waals surface area contributed by atoms with E-state index in [1.807, 2.05) is 13.8 Å². The Morgan fingerprint density at radius 2 is 2.00 bits per heavy atom. The Hall–Kier alpha value is -1.16. The Bertz CT molecular complexity index is 493. The average Bonchev–Trinajstić information content (AvgIpc) is 2.38. The number of aromatic nitrogens is 1. The van der Waals surface area contributed by atoms with Crippen molar-refractivity contribution >= 4 is 22.9 Å². The van der Waals surface area contributed by atoms with E-state index in [2.05, 4.69) is 23.0 Å². The molecular weight excluding hydrogens is 266 g/mol. The lowest BCUT2D eigenvalue weighted by molar-refractivity contribution is 0.362. The molecule has 0 radical (unpaired) electrons. The van der Waals surface area contributed by atoms with Gasteiger partial charge in [0.25, 0.3) is 0 Å². The van der Waals surface area contributed by atoms with Gasteiger partial charge in [-0.1, -0.05) is 31.5 Å². The molecule has 2 rings (SSSR count). The van der Waals surface area contributed by atoms with E-state index >= 15 is 0 Å². The first-order valence-electron chi connectivity index (χ1n) is 7.48. The molecule has 1 aliphatic carbocycles. The minimum atomic E-state index is 0.445. The smallest absolute Gasteiger partial charge is 0.107 e. The zero-order valence-electron chi connectivity index (χ0n) is 12.8. The molecule has 1 aromatic rings. The summed E-state index contributed by atoms with van der Waals surface area (Å²) < 4.78 is 0.